The molecule has 5 rings (SSSR count). The van der Waals surface area contributed by atoms with E-state index < -0.39 is 0 Å². The van der Waals surface area contributed by atoms with Crippen molar-refractivity contribution in [3.8, 4) is 0 Å². The second-order valence-electron chi connectivity index (χ2n) is 8.67. The van der Waals surface area contributed by atoms with Crippen LogP contribution in [0.25, 0.3) is 11.0 Å². The SMILES string of the molecule is Cc1ccccc1Cn1c(N2CCC(C(=O)Nc3cccc(Cl)c3)CC2)nc2ccccc21. The van der Waals surface area contributed by atoms with E-state index in [2.05, 4.69) is 64.2 Å². The molecule has 33 heavy (non-hydrogen) atoms. The van der Waals surface area contributed by atoms with Crippen molar-refractivity contribution in [2.24, 2.45) is 5.92 Å². The van der Waals surface area contributed by atoms with Crippen molar-refractivity contribution < 1.29 is 4.79 Å². The van der Waals surface area contributed by atoms with Crippen molar-refractivity contribution in [1.29, 1.82) is 0 Å². The third kappa shape index (κ3) is 4.60. The monoisotopic (exact) mass is 458 g/mol. The van der Waals surface area contributed by atoms with Crippen LogP contribution >= 0.6 is 11.6 Å². The van der Waals surface area contributed by atoms with Gasteiger partial charge in [0.2, 0.25) is 11.9 Å². The van der Waals surface area contributed by atoms with E-state index in [4.69, 9.17) is 16.6 Å². The molecule has 2 heterocycles. The fraction of sp³-hybridized carbons (Fsp3) is 0.259. The third-order valence-electron chi connectivity index (χ3n) is 6.46. The number of halogens is 1. The summed E-state index contributed by atoms with van der Waals surface area (Å²) in [4.78, 5) is 20.1. The van der Waals surface area contributed by atoms with E-state index in [0.717, 1.165) is 55.1 Å². The third-order valence-corrected chi connectivity index (χ3v) is 6.70. The van der Waals surface area contributed by atoms with E-state index in [-0.39, 0.29) is 11.8 Å². The van der Waals surface area contributed by atoms with E-state index in [0.29, 0.717) is 5.02 Å². The van der Waals surface area contributed by atoms with Gasteiger partial charge in [0.05, 0.1) is 17.6 Å². The lowest BCUT2D eigenvalue weighted by Gasteiger charge is -2.32. The van der Waals surface area contributed by atoms with Gasteiger partial charge in [0, 0.05) is 29.7 Å². The molecule has 0 atom stereocenters. The molecule has 1 aliphatic heterocycles. The van der Waals surface area contributed by atoms with Gasteiger partial charge in [-0.05, 0) is 61.2 Å². The number of hydrogen-bond donors (Lipinski definition) is 1. The summed E-state index contributed by atoms with van der Waals surface area (Å²) in [6, 6.07) is 24.1. The number of piperidine rings is 1. The Bertz CT molecular complexity index is 1290. The van der Waals surface area contributed by atoms with Crippen LogP contribution in [0, 0.1) is 12.8 Å². The Morgan fingerprint density at radius 2 is 1.79 bits per heavy atom. The molecule has 0 saturated carbocycles. The molecule has 1 aliphatic rings. The lowest BCUT2D eigenvalue weighted by atomic mass is 9.96. The van der Waals surface area contributed by atoms with E-state index in [1.54, 1.807) is 12.1 Å². The number of amides is 1. The Kier molecular flexibility index (Phi) is 6.05. The van der Waals surface area contributed by atoms with Gasteiger partial charge in [-0.3, -0.25) is 4.79 Å². The van der Waals surface area contributed by atoms with Crippen LogP contribution in [0.1, 0.15) is 24.0 Å². The number of aromatic nitrogens is 2. The zero-order valence-corrected chi connectivity index (χ0v) is 19.4. The second kappa shape index (κ2) is 9.28. The Morgan fingerprint density at radius 1 is 1.03 bits per heavy atom. The summed E-state index contributed by atoms with van der Waals surface area (Å²) in [5.74, 6) is 1.02. The summed E-state index contributed by atoms with van der Waals surface area (Å²) in [7, 11) is 0. The van der Waals surface area contributed by atoms with E-state index in [9.17, 15) is 4.79 Å². The summed E-state index contributed by atoms with van der Waals surface area (Å²) < 4.78 is 2.31. The fourth-order valence-corrected chi connectivity index (χ4v) is 4.76. The van der Waals surface area contributed by atoms with Gasteiger partial charge in [0.15, 0.2) is 0 Å². The van der Waals surface area contributed by atoms with Crippen LogP contribution in [0.4, 0.5) is 11.6 Å². The van der Waals surface area contributed by atoms with Crippen molar-refractivity contribution in [2.75, 3.05) is 23.3 Å². The molecular weight excluding hydrogens is 432 g/mol. The van der Waals surface area contributed by atoms with Crippen LogP contribution in [-0.4, -0.2) is 28.5 Å². The summed E-state index contributed by atoms with van der Waals surface area (Å²) in [6.07, 6.45) is 1.58. The molecule has 0 spiro atoms. The summed E-state index contributed by atoms with van der Waals surface area (Å²) in [5, 5.41) is 3.64. The predicted octanol–water partition coefficient (Wildman–Crippen LogP) is 5.90. The maximum atomic E-state index is 12.8. The average molecular weight is 459 g/mol. The minimum absolute atomic E-state index is 0.0190. The number of anilines is 2. The highest BCUT2D eigenvalue weighted by atomic mass is 35.5. The van der Waals surface area contributed by atoms with Gasteiger partial charge in [-0.2, -0.15) is 0 Å². The van der Waals surface area contributed by atoms with Gasteiger partial charge in [-0.15, -0.1) is 0 Å². The van der Waals surface area contributed by atoms with Gasteiger partial charge in [0.1, 0.15) is 0 Å². The Labute approximate surface area is 199 Å². The van der Waals surface area contributed by atoms with Crippen molar-refractivity contribution >= 4 is 40.2 Å². The predicted molar refractivity (Wildman–Crippen MR) is 135 cm³/mol. The van der Waals surface area contributed by atoms with Crippen molar-refractivity contribution in [2.45, 2.75) is 26.3 Å². The first-order valence-electron chi connectivity index (χ1n) is 11.4. The highest BCUT2D eigenvalue weighted by Crippen LogP contribution is 2.29. The lowest BCUT2D eigenvalue weighted by Crippen LogP contribution is -2.39. The smallest absolute Gasteiger partial charge is 0.227 e. The number of para-hydroxylation sites is 2. The molecule has 4 aromatic rings. The number of carbonyl (C=O) groups is 1. The topological polar surface area (TPSA) is 50.2 Å². The highest BCUT2D eigenvalue weighted by molar-refractivity contribution is 6.30. The van der Waals surface area contributed by atoms with Crippen molar-refractivity contribution in [3.05, 3.63) is 88.9 Å². The van der Waals surface area contributed by atoms with Gasteiger partial charge in [-0.25, -0.2) is 4.98 Å². The number of nitrogens with zero attached hydrogens (tertiary/aromatic N) is 3. The van der Waals surface area contributed by atoms with Crippen LogP contribution in [-0.2, 0) is 11.3 Å². The van der Waals surface area contributed by atoms with Crippen molar-refractivity contribution in [1.82, 2.24) is 9.55 Å². The zero-order valence-electron chi connectivity index (χ0n) is 18.7. The number of rotatable bonds is 5. The van der Waals surface area contributed by atoms with Crippen LogP contribution in [0.15, 0.2) is 72.8 Å². The molecule has 5 nitrogen and oxygen atoms in total. The second-order valence-corrected chi connectivity index (χ2v) is 9.11. The molecule has 1 amide bonds. The quantitative estimate of drug-likeness (QED) is 0.405. The average Bonchev–Trinajstić information content (AvgIpc) is 3.19. The maximum absolute atomic E-state index is 12.8. The van der Waals surface area contributed by atoms with Crippen molar-refractivity contribution in [3.63, 3.8) is 0 Å². The summed E-state index contributed by atoms with van der Waals surface area (Å²) in [5.41, 5.74) is 5.45. The molecular formula is C27H27ClN4O. The van der Waals surface area contributed by atoms with Gasteiger partial charge in [0.25, 0.3) is 0 Å². The molecule has 1 N–H and O–H groups in total. The van der Waals surface area contributed by atoms with E-state index >= 15 is 0 Å². The molecule has 1 fully saturated rings. The van der Waals surface area contributed by atoms with E-state index in [1.165, 1.54) is 11.1 Å². The molecule has 1 saturated heterocycles. The van der Waals surface area contributed by atoms with Crippen LogP contribution in [0.5, 0.6) is 0 Å². The highest BCUT2D eigenvalue weighted by Gasteiger charge is 2.28. The first-order chi connectivity index (χ1) is 16.1. The normalized spacial score (nSPS) is 14.5. The number of nitrogens with one attached hydrogen (secondary N) is 1. The molecule has 0 radical (unpaired) electrons. The number of aryl methyl sites for hydroxylation is 1. The van der Waals surface area contributed by atoms with Crippen LogP contribution in [0.2, 0.25) is 5.02 Å². The first kappa shape index (κ1) is 21.5. The molecule has 168 valence electrons. The van der Waals surface area contributed by atoms with Gasteiger partial charge in [-0.1, -0.05) is 54.1 Å². The number of carbonyl (C=O) groups excluding carboxylic acids is 1. The lowest BCUT2D eigenvalue weighted by molar-refractivity contribution is -0.120. The molecule has 1 aromatic heterocycles. The number of benzene rings is 3. The Morgan fingerprint density at radius 3 is 2.58 bits per heavy atom. The zero-order chi connectivity index (χ0) is 22.8. The minimum atomic E-state index is -0.0190. The Balaban J connectivity index is 1.34. The molecule has 0 unspecified atom stereocenters. The standard InChI is InChI=1S/C27H27ClN4O/c1-19-7-2-3-8-21(19)18-32-25-12-5-4-11-24(25)30-27(32)31-15-13-20(14-16-31)26(33)29-23-10-6-9-22(28)17-23/h2-12,17,20H,13-16,18H2,1H3,(H,29,33). The van der Waals surface area contributed by atoms with E-state index in [1.807, 2.05) is 18.2 Å². The minimum Gasteiger partial charge on any atom is -0.342 e. The number of imidazole rings is 1. The molecule has 6 heteroatoms. The maximum Gasteiger partial charge on any atom is 0.227 e. The molecule has 3 aromatic carbocycles. The van der Waals surface area contributed by atoms with Crippen LogP contribution < -0.4 is 10.2 Å². The first-order valence-corrected chi connectivity index (χ1v) is 11.8. The van der Waals surface area contributed by atoms with Gasteiger partial charge >= 0.3 is 0 Å². The molecule has 0 bridgehead atoms. The number of fused-ring (bicyclic) bond motifs is 1. The van der Waals surface area contributed by atoms with Gasteiger partial charge < -0.3 is 14.8 Å². The van der Waals surface area contributed by atoms with Crippen LogP contribution in [0.3, 0.4) is 0 Å². The number of hydrogen-bond acceptors (Lipinski definition) is 3. The summed E-state index contributed by atoms with van der Waals surface area (Å²) in [6.45, 7) is 4.52. The fourth-order valence-electron chi connectivity index (χ4n) is 4.57. The largest absolute Gasteiger partial charge is 0.342 e. The molecule has 0 aliphatic carbocycles. The Hall–Kier alpha value is -3.31. The summed E-state index contributed by atoms with van der Waals surface area (Å²) >= 11 is 6.05.